The Kier molecular flexibility index (Phi) is 5.01. The molecule has 0 fully saturated rings. The Morgan fingerprint density at radius 2 is 1.82 bits per heavy atom. The van der Waals surface area contributed by atoms with Gasteiger partial charge >= 0.3 is 0 Å². The molecule has 0 heterocycles. The van der Waals surface area contributed by atoms with Gasteiger partial charge in [0.05, 0.1) is 0 Å². The highest BCUT2D eigenvalue weighted by Crippen LogP contribution is 2.21. The molecule has 17 heavy (non-hydrogen) atoms. The van der Waals surface area contributed by atoms with E-state index in [0.29, 0.717) is 12.1 Å². The fourth-order valence-corrected chi connectivity index (χ4v) is 1.98. The van der Waals surface area contributed by atoms with Gasteiger partial charge in [0, 0.05) is 31.4 Å². The Balaban J connectivity index is 2.71. The molecule has 0 bridgehead atoms. The molecule has 1 aromatic carbocycles. The highest BCUT2D eigenvalue weighted by molar-refractivity contribution is 5.54. The lowest BCUT2D eigenvalue weighted by molar-refractivity contribution is 0.531. The van der Waals surface area contributed by atoms with Gasteiger partial charge in [-0.05, 0) is 32.4 Å². The maximum Gasteiger partial charge on any atom is 0.0396 e. The lowest BCUT2D eigenvalue weighted by atomic mass is 10.1. The van der Waals surface area contributed by atoms with Crippen molar-refractivity contribution in [1.82, 2.24) is 5.32 Å². The van der Waals surface area contributed by atoms with Crippen molar-refractivity contribution in [2.24, 2.45) is 0 Å². The average Bonchev–Trinajstić information content (AvgIpc) is 2.25. The summed E-state index contributed by atoms with van der Waals surface area (Å²) >= 11 is 0. The van der Waals surface area contributed by atoms with Gasteiger partial charge in [-0.3, -0.25) is 0 Å². The molecule has 1 aromatic rings. The highest BCUT2D eigenvalue weighted by atomic mass is 15.2. The number of aryl methyl sites for hydroxylation is 2. The van der Waals surface area contributed by atoms with E-state index in [1.807, 2.05) is 0 Å². The van der Waals surface area contributed by atoms with E-state index in [1.54, 1.807) is 0 Å². The first kappa shape index (κ1) is 14.0. The molecule has 0 saturated carbocycles. The summed E-state index contributed by atoms with van der Waals surface area (Å²) in [5.74, 6) is 0. The van der Waals surface area contributed by atoms with Crippen LogP contribution in [0.3, 0.4) is 0 Å². The van der Waals surface area contributed by atoms with Gasteiger partial charge in [0.15, 0.2) is 0 Å². The maximum atomic E-state index is 3.49. The van der Waals surface area contributed by atoms with Crippen LogP contribution in [0, 0.1) is 13.8 Å². The zero-order valence-corrected chi connectivity index (χ0v) is 12.0. The molecule has 0 radical (unpaired) electrons. The number of hydrogen-bond donors (Lipinski definition) is 1. The molecule has 2 heteroatoms. The number of nitrogens with zero attached hydrogens (tertiary/aromatic N) is 1. The van der Waals surface area contributed by atoms with Crippen LogP contribution < -0.4 is 10.2 Å². The lowest BCUT2D eigenvalue weighted by Crippen LogP contribution is -2.40. The van der Waals surface area contributed by atoms with Crippen LogP contribution in [-0.4, -0.2) is 25.7 Å². The molecule has 0 spiro atoms. The standard InChI is InChI=1S/C15H26N2/c1-11(2)16-10-14(5)17(6)15-8-7-12(3)9-13(15)4/h7-9,11,14,16H,10H2,1-6H3. The fourth-order valence-electron chi connectivity index (χ4n) is 1.98. The SMILES string of the molecule is Cc1ccc(N(C)C(C)CNC(C)C)c(C)c1. The second kappa shape index (κ2) is 6.06. The Bertz CT molecular complexity index is 358. The Hall–Kier alpha value is -1.02. The molecule has 1 rings (SSSR count). The Morgan fingerprint density at radius 1 is 1.18 bits per heavy atom. The largest absolute Gasteiger partial charge is 0.370 e. The van der Waals surface area contributed by atoms with Crippen LogP contribution in [-0.2, 0) is 0 Å². The molecule has 0 saturated heterocycles. The molecule has 0 aliphatic carbocycles. The minimum Gasteiger partial charge on any atom is -0.370 e. The van der Waals surface area contributed by atoms with Crippen molar-refractivity contribution in [3.63, 3.8) is 0 Å². The predicted octanol–water partition coefficient (Wildman–Crippen LogP) is 3.13. The van der Waals surface area contributed by atoms with Gasteiger partial charge in [-0.2, -0.15) is 0 Å². The van der Waals surface area contributed by atoms with Gasteiger partial charge in [0.25, 0.3) is 0 Å². The summed E-state index contributed by atoms with van der Waals surface area (Å²) in [6, 6.07) is 7.69. The van der Waals surface area contributed by atoms with Crippen LogP contribution in [0.25, 0.3) is 0 Å². The molecule has 0 aliphatic rings. The summed E-state index contributed by atoms with van der Waals surface area (Å²) in [6.45, 7) is 12.0. The van der Waals surface area contributed by atoms with Crippen LogP contribution in [0.15, 0.2) is 18.2 Å². The molecule has 2 nitrogen and oxygen atoms in total. The van der Waals surface area contributed by atoms with E-state index in [1.165, 1.54) is 16.8 Å². The molecular formula is C15H26N2. The highest BCUT2D eigenvalue weighted by Gasteiger charge is 2.12. The van der Waals surface area contributed by atoms with Gasteiger partial charge in [-0.1, -0.05) is 31.5 Å². The zero-order valence-electron chi connectivity index (χ0n) is 12.0. The summed E-state index contributed by atoms with van der Waals surface area (Å²) in [5, 5.41) is 3.49. The quantitative estimate of drug-likeness (QED) is 0.842. The van der Waals surface area contributed by atoms with Crippen LogP contribution in [0.1, 0.15) is 31.9 Å². The number of benzene rings is 1. The molecule has 0 amide bonds. The topological polar surface area (TPSA) is 15.3 Å². The predicted molar refractivity (Wildman–Crippen MR) is 76.9 cm³/mol. The number of nitrogens with one attached hydrogen (secondary N) is 1. The first-order valence-corrected chi connectivity index (χ1v) is 6.45. The summed E-state index contributed by atoms with van der Waals surface area (Å²) in [6.07, 6.45) is 0. The maximum absolute atomic E-state index is 3.49. The van der Waals surface area contributed by atoms with E-state index in [2.05, 4.69) is 70.1 Å². The van der Waals surface area contributed by atoms with E-state index >= 15 is 0 Å². The van der Waals surface area contributed by atoms with Gasteiger partial charge in [-0.25, -0.2) is 0 Å². The number of anilines is 1. The zero-order chi connectivity index (χ0) is 13.0. The summed E-state index contributed by atoms with van der Waals surface area (Å²) < 4.78 is 0. The van der Waals surface area contributed by atoms with Crippen LogP contribution in [0.2, 0.25) is 0 Å². The van der Waals surface area contributed by atoms with Crippen molar-refractivity contribution in [2.45, 2.75) is 46.7 Å². The van der Waals surface area contributed by atoms with Gasteiger partial charge < -0.3 is 10.2 Å². The van der Waals surface area contributed by atoms with E-state index in [9.17, 15) is 0 Å². The van der Waals surface area contributed by atoms with Crippen LogP contribution in [0.5, 0.6) is 0 Å². The lowest BCUT2D eigenvalue weighted by Gasteiger charge is -2.29. The van der Waals surface area contributed by atoms with Crippen LogP contribution >= 0.6 is 0 Å². The van der Waals surface area contributed by atoms with Gasteiger partial charge in [-0.15, -0.1) is 0 Å². The first-order valence-electron chi connectivity index (χ1n) is 6.45. The normalized spacial score (nSPS) is 12.9. The summed E-state index contributed by atoms with van der Waals surface area (Å²) in [7, 11) is 2.17. The molecule has 1 atom stereocenters. The number of hydrogen-bond acceptors (Lipinski definition) is 2. The minimum atomic E-state index is 0.499. The Labute approximate surface area is 106 Å². The second-order valence-corrected chi connectivity index (χ2v) is 5.31. The van der Waals surface area contributed by atoms with Crippen LogP contribution in [0.4, 0.5) is 5.69 Å². The molecule has 96 valence electrons. The van der Waals surface area contributed by atoms with Crippen molar-refractivity contribution in [1.29, 1.82) is 0 Å². The third kappa shape index (κ3) is 4.04. The smallest absolute Gasteiger partial charge is 0.0396 e. The average molecular weight is 234 g/mol. The van der Waals surface area contributed by atoms with E-state index in [-0.39, 0.29) is 0 Å². The van der Waals surface area contributed by atoms with Crippen molar-refractivity contribution in [2.75, 3.05) is 18.5 Å². The third-order valence-electron chi connectivity index (χ3n) is 3.21. The van der Waals surface area contributed by atoms with Gasteiger partial charge in [0.2, 0.25) is 0 Å². The van der Waals surface area contributed by atoms with Crippen molar-refractivity contribution < 1.29 is 0 Å². The third-order valence-corrected chi connectivity index (χ3v) is 3.21. The van der Waals surface area contributed by atoms with Gasteiger partial charge in [0.1, 0.15) is 0 Å². The monoisotopic (exact) mass is 234 g/mol. The molecule has 1 N–H and O–H groups in total. The summed E-state index contributed by atoms with van der Waals surface area (Å²) in [5.41, 5.74) is 4.00. The Morgan fingerprint density at radius 3 is 2.35 bits per heavy atom. The van der Waals surface area contributed by atoms with Crippen molar-refractivity contribution >= 4 is 5.69 Å². The van der Waals surface area contributed by atoms with Crippen molar-refractivity contribution in [3.05, 3.63) is 29.3 Å². The van der Waals surface area contributed by atoms with E-state index in [0.717, 1.165) is 6.54 Å². The fraction of sp³-hybridized carbons (Fsp3) is 0.600. The second-order valence-electron chi connectivity index (χ2n) is 5.31. The number of likely N-dealkylation sites (N-methyl/N-ethyl adjacent to an activating group) is 1. The minimum absolute atomic E-state index is 0.499. The van der Waals surface area contributed by atoms with E-state index in [4.69, 9.17) is 0 Å². The summed E-state index contributed by atoms with van der Waals surface area (Å²) in [4.78, 5) is 2.35. The molecular weight excluding hydrogens is 208 g/mol. The molecule has 1 unspecified atom stereocenters. The number of rotatable bonds is 5. The molecule has 0 aromatic heterocycles. The van der Waals surface area contributed by atoms with E-state index < -0.39 is 0 Å². The van der Waals surface area contributed by atoms with Crippen molar-refractivity contribution in [3.8, 4) is 0 Å². The molecule has 0 aliphatic heterocycles. The first-order chi connectivity index (χ1) is 7.91.